The second-order valence-corrected chi connectivity index (χ2v) is 6.01. The van der Waals surface area contributed by atoms with E-state index in [0.717, 1.165) is 45.4 Å². The maximum Gasteiger partial charge on any atom is 0.310 e. The number of likely N-dealkylation sites (N-methyl/N-ethyl adjacent to an activating group) is 1. The third-order valence-electron chi connectivity index (χ3n) is 4.61. The molecule has 5 nitrogen and oxygen atoms in total. The normalized spacial score (nSPS) is 24.2. The highest BCUT2D eigenvalue weighted by Crippen LogP contribution is 2.40. The van der Waals surface area contributed by atoms with E-state index in [0.29, 0.717) is 12.8 Å². The maximum absolute atomic E-state index is 12.3. The van der Waals surface area contributed by atoms with Gasteiger partial charge in [0.15, 0.2) is 0 Å². The van der Waals surface area contributed by atoms with Crippen molar-refractivity contribution in [3.05, 3.63) is 0 Å². The number of aliphatic carboxylic acids is 1. The first-order valence-electron chi connectivity index (χ1n) is 7.23. The van der Waals surface area contributed by atoms with Crippen molar-refractivity contribution in [3.63, 3.8) is 0 Å². The molecule has 0 aromatic carbocycles. The van der Waals surface area contributed by atoms with Gasteiger partial charge in [-0.15, -0.1) is 0 Å². The minimum absolute atomic E-state index is 0.0254. The van der Waals surface area contributed by atoms with E-state index in [-0.39, 0.29) is 12.3 Å². The van der Waals surface area contributed by atoms with Crippen LogP contribution in [0.2, 0.25) is 0 Å². The standard InChI is InChI=1S/C14H24N2O3/c1-15-7-9-16(10-8-15)12(17)11-14(13(18)19)5-3-2-4-6-14/h2-11H2,1H3,(H,18,19). The van der Waals surface area contributed by atoms with Gasteiger partial charge in [0.05, 0.1) is 5.41 Å². The third-order valence-corrected chi connectivity index (χ3v) is 4.61. The van der Waals surface area contributed by atoms with Crippen LogP contribution in [0.4, 0.5) is 0 Å². The van der Waals surface area contributed by atoms with Gasteiger partial charge in [-0.25, -0.2) is 0 Å². The van der Waals surface area contributed by atoms with Gasteiger partial charge in [0.25, 0.3) is 0 Å². The first-order valence-corrected chi connectivity index (χ1v) is 7.23. The highest BCUT2D eigenvalue weighted by atomic mass is 16.4. The van der Waals surface area contributed by atoms with E-state index in [1.54, 1.807) is 0 Å². The summed E-state index contributed by atoms with van der Waals surface area (Å²) in [7, 11) is 2.04. The molecule has 0 aromatic heterocycles. The molecule has 0 radical (unpaired) electrons. The van der Waals surface area contributed by atoms with Crippen LogP contribution in [0.15, 0.2) is 0 Å². The molecule has 108 valence electrons. The molecule has 1 saturated carbocycles. The Kier molecular flexibility index (Phi) is 4.45. The molecular weight excluding hydrogens is 244 g/mol. The molecule has 1 amide bonds. The van der Waals surface area contributed by atoms with Gasteiger partial charge in [-0.3, -0.25) is 9.59 Å². The quantitative estimate of drug-likeness (QED) is 0.835. The smallest absolute Gasteiger partial charge is 0.310 e. The molecule has 1 aliphatic carbocycles. The highest BCUT2D eigenvalue weighted by molar-refractivity contribution is 5.85. The lowest BCUT2D eigenvalue weighted by Gasteiger charge is -2.37. The third kappa shape index (κ3) is 3.26. The first kappa shape index (κ1) is 14.3. The maximum atomic E-state index is 12.3. The number of hydrogen-bond donors (Lipinski definition) is 1. The molecule has 1 aliphatic heterocycles. The number of nitrogens with zero attached hydrogens (tertiary/aromatic N) is 2. The Morgan fingerprint density at radius 3 is 2.16 bits per heavy atom. The van der Waals surface area contributed by atoms with E-state index in [1.165, 1.54) is 0 Å². The summed E-state index contributed by atoms with van der Waals surface area (Å²) in [4.78, 5) is 27.9. The van der Waals surface area contributed by atoms with E-state index >= 15 is 0 Å². The molecule has 0 spiro atoms. The minimum Gasteiger partial charge on any atom is -0.481 e. The van der Waals surface area contributed by atoms with Gasteiger partial charge in [-0.05, 0) is 19.9 Å². The molecule has 5 heteroatoms. The number of carboxylic acid groups (broad SMARTS) is 1. The fourth-order valence-corrected chi connectivity index (χ4v) is 3.15. The van der Waals surface area contributed by atoms with E-state index < -0.39 is 11.4 Å². The Labute approximate surface area is 114 Å². The van der Waals surface area contributed by atoms with Crippen molar-refractivity contribution >= 4 is 11.9 Å². The van der Waals surface area contributed by atoms with Crippen molar-refractivity contribution in [2.24, 2.45) is 5.41 Å². The fourth-order valence-electron chi connectivity index (χ4n) is 3.15. The molecule has 2 fully saturated rings. The molecule has 0 unspecified atom stereocenters. The van der Waals surface area contributed by atoms with E-state index in [4.69, 9.17) is 0 Å². The summed E-state index contributed by atoms with van der Waals surface area (Å²) in [5.74, 6) is -0.757. The average Bonchev–Trinajstić information content (AvgIpc) is 2.40. The lowest BCUT2D eigenvalue weighted by atomic mass is 9.71. The predicted octanol–water partition coefficient (Wildman–Crippen LogP) is 1.19. The molecule has 1 saturated heterocycles. The van der Waals surface area contributed by atoms with Gasteiger partial charge >= 0.3 is 5.97 Å². The van der Waals surface area contributed by atoms with Crippen LogP contribution in [0.3, 0.4) is 0 Å². The van der Waals surface area contributed by atoms with Crippen LogP contribution < -0.4 is 0 Å². The number of carbonyl (C=O) groups excluding carboxylic acids is 1. The van der Waals surface area contributed by atoms with Gasteiger partial charge in [-0.1, -0.05) is 19.3 Å². The molecule has 0 atom stereocenters. The Morgan fingerprint density at radius 1 is 1.05 bits per heavy atom. The lowest BCUT2D eigenvalue weighted by molar-refractivity contribution is -0.156. The summed E-state index contributed by atoms with van der Waals surface area (Å²) in [6.45, 7) is 3.22. The summed E-state index contributed by atoms with van der Waals surface area (Å²) in [5.41, 5.74) is -0.793. The predicted molar refractivity (Wildman–Crippen MR) is 71.8 cm³/mol. The second kappa shape index (κ2) is 5.90. The summed E-state index contributed by atoms with van der Waals surface area (Å²) in [6, 6.07) is 0. The molecule has 0 aromatic rings. The van der Waals surface area contributed by atoms with E-state index in [1.807, 2.05) is 11.9 Å². The Hall–Kier alpha value is -1.10. The average molecular weight is 268 g/mol. The van der Waals surface area contributed by atoms with Crippen molar-refractivity contribution in [2.75, 3.05) is 33.2 Å². The zero-order valence-electron chi connectivity index (χ0n) is 11.7. The molecule has 2 aliphatic rings. The number of amides is 1. The summed E-state index contributed by atoms with van der Waals surface area (Å²) in [6.07, 6.45) is 4.46. The van der Waals surface area contributed by atoms with Crippen molar-refractivity contribution < 1.29 is 14.7 Å². The number of rotatable bonds is 3. The number of piperazine rings is 1. The lowest BCUT2D eigenvalue weighted by Crippen LogP contribution is -2.49. The van der Waals surface area contributed by atoms with Gasteiger partial charge in [0, 0.05) is 32.6 Å². The van der Waals surface area contributed by atoms with Crippen LogP contribution in [0.25, 0.3) is 0 Å². The van der Waals surface area contributed by atoms with Crippen molar-refractivity contribution in [3.8, 4) is 0 Å². The van der Waals surface area contributed by atoms with Crippen molar-refractivity contribution in [2.45, 2.75) is 38.5 Å². The van der Waals surface area contributed by atoms with Crippen molar-refractivity contribution in [1.29, 1.82) is 0 Å². The molecule has 2 rings (SSSR count). The van der Waals surface area contributed by atoms with E-state index in [2.05, 4.69) is 4.90 Å². The molecule has 1 heterocycles. The van der Waals surface area contributed by atoms with Gasteiger partial charge in [0.2, 0.25) is 5.91 Å². The fraction of sp³-hybridized carbons (Fsp3) is 0.857. The van der Waals surface area contributed by atoms with Crippen LogP contribution in [0, 0.1) is 5.41 Å². The molecule has 19 heavy (non-hydrogen) atoms. The number of carbonyl (C=O) groups is 2. The Morgan fingerprint density at radius 2 is 1.63 bits per heavy atom. The SMILES string of the molecule is CN1CCN(C(=O)CC2(C(=O)O)CCCCC2)CC1. The van der Waals surface area contributed by atoms with Gasteiger partial charge in [-0.2, -0.15) is 0 Å². The molecule has 0 bridgehead atoms. The summed E-state index contributed by atoms with van der Waals surface area (Å²) in [5, 5.41) is 9.50. The first-order chi connectivity index (χ1) is 9.03. The summed E-state index contributed by atoms with van der Waals surface area (Å²) < 4.78 is 0. The second-order valence-electron chi connectivity index (χ2n) is 6.01. The zero-order chi connectivity index (χ0) is 13.9. The Balaban J connectivity index is 1.97. The highest BCUT2D eigenvalue weighted by Gasteiger charge is 2.42. The largest absolute Gasteiger partial charge is 0.481 e. The van der Waals surface area contributed by atoms with Gasteiger partial charge in [0.1, 0.15) is 0 Å². The van der Waals surface area contributed by atoms with Crippen LogP contribution in [0.5, 0.6) is 0 Å². The zero-order valence-corrected chi connectivity index (χ0v) is 11.7. The van der Waals surface area contributed by atoms with Crippen LogP contribution in [-0.2, 0) is 9.59 Å². The molecular formula is C14H24N2O3. The summed E-state index contributed by atoms with van der Waals surface area (Å²) >= 11 is 0. The monoisotopic (exact) mass is 268 g/mol. The van der Waals surface area contributed by atoms with Crippen molar-refractivity contribution in [1.82, 2.24) is 9.80 Å². The van der Waals surface area contributed by atoms with Crippen LogP contribution in [-0.4, -0.2) is 60.0 Å². The molecule has 1 N–H and O–H groups in total. The minimum atomic E-state index is -0.793. The van der Waals surface area contributed by atoms with E-state index in [9.17, 15) is 14.7 Å². The van der Waals surface area contributed by atoms with Gasteiger partial charge < -0.3 is 14.9 Å². The number of hydrogen-bond acceptors (Lipinski definition) is 3. The van der Waals surface area contributed by atoms with Crippen LogP contribution >= 0.6 is 0 Å². The topological polar surface area (TPSA) is 60.9 Å². The van der Waals surface area contributed by atoms with Crippen LogP contribution in [0.1, 0.15) is 38.5 Å². The number of carboxylic acids is 1. The Bertz CT molecular complexity index is 343.